The maximum Gasteiger partial charge on any atom is 0.313 e. The summed E-state index contributed by atoms with van der Waals surface area (Å²) in [5.74, 6) is -1.30. The van der Waals surface area contributed by atoms with E-state index in [2.05, 4.69) is 10.6 Å². The minimum absolute atomic E-state index is 0.155. The molecule has 0 unspecified atom stereocenters. The van der Waals surface area contributed by atoms with Gasteiger partial charge in [0.2, 0.25) is 10.0 Å². The highest BCUT2D eigenvalue weighted by atomic mass is 32.2. The lowest BCUT2D eigenvalue weighted by molar-refractivity contribution is -0.136. The number of likely N-dealkylation sites (N-methyl/N-ethyl adjacent to an activating group) is 1. The summed E-state index contributed by atoms with van der Waals surface area (Å²) in [5.41, 5.74) is 1.00. The number of sulfonamides is 1. The molecule has 22 heavy (non-hydrogen) atoms. The molecule has 7 nitrogen and oxygen atoms in total. The third-order valence-electron chi connectivity index (χ3n) is 3.31. The van der Waals surface area contributed by atoms with Crippen molar-refractivity contribution in [3.8, 4) is 0 Å². The number of anilines is 2. The van der Waals surface area contributed by atoms with Gasteiger partial charge in [0.1, 0.15) is 0 Å². The first-order valence-corrected chi connectivity index (χ1v) is 8.74. The Labute approximate surface area is 129 Å². The zero-order valence-corrected chi connectivity index (χ0v) is 13.1. The van der Waals surface area contributed by atoms with Crippen LogP contribution in [0, 0.1) is 0 Å². The summed E-state index contributed by atoms with van der Waals surface area (Å²) >= 11 is 0. The van der Waals surface area contributed by atoms with Crippen molar-refractivity contribution in [1.82, 2.24) is 5.32 Å². The Morgan fingerprint density at radius 1 is 1.14 bits per heavy atom. The molecule has 2 rings (SSSR count). The Bertz CT molecular complexity index is 655. The average Bonchev–Trinajstić information content (AvgIpc) is 2.48. The molecule has 1 saturated heterocycles. The molecule has 1 aromatic rings. The predicted molar refractivity (Wildman–Crippen MR) is 84.1 cm³/mol. The fraction of sp³-hybridized carbons (Fsp3) is 0.429. The maximum atomic E-state index is 12.0. The van der Waals surface area contributed by atoms with Crippen LogP contribution in [0.15, 0.2) is 24.3 Å². The lowest BCUT2D eigenvalue weighted by Gasteiger charge is -2.28. The number of hydrogen-bond donors (Lipinski definition) is 2. The molecular weight excluding hydrogens is 306 g/mol. The summed E-state index contributed by atoms with van der Waals surface area (Å²) in [6, 6.07) is 6.40. The molecule has 2 N–H and O–H groups in total. The summed E-state index contributed by atoms with van der Waals surface area (Å²) < 4.78 is 25.4. The second-order valence-corrected chi connectivity index (χ2v) is 6.97. The molecule has 1 aliphatic heterocycles. The molecule has 0 atom stereocenters. The molecule has 2 amide bonds. The summed E-state index contributed by atoms with van der Waals surface area (Å²) in [5, 5.41) is 4.86. The number of nitrogens with zero attached hydrogens (tertiary/aromatic N) is 1. The standard InChI is InChI=1S/C14H19N3O4S/c1-2-15-13(18)14(19)16-11-5-7-12(8-6-11)17-9-3-4-10-22(17,20)21/h5-8H,2-4,9-10H2,1H3,(H,15,18)(H,16,19). The van der Waals surface area contributed by atoms with Gasteiger partial charge in [0.15, 0.2) is 0 Å². The van der Waals surface area contributed by atoms with Gasteiger partial charge >= 0.3 is 11.8 Å². The number of carbonyl (C=O) groups is 2. The number of hydrogen-bond acceptors (Lipinski definition) is 4. The smallest absolute Gasteiger partial charge is 0.313 e. The van der Waals surface area contributed by atoms with Crippen molar-refractivity contribution >= 4 is 33.2 Å². The quantitative estimate of drug-likeness (QED) is 0.799. The third-order valence-corrected chi connectivity index (χ3v) is 5.18. The lowest BCUT2D eigenvalue weighted by atomic mass is 10.2. The molecule has 0 spiro atoms. The van der Waals surface area contributed by atoms with Crippen LogP contribution in [-0.4, -0.2) is 39.1 Å². The van der Waals surface area contributed by atoms with Gasteiger partial charge in [0.05, 0.1) is 11.4 Å². The molecule has 1 aliphatic rings. The fourth-order valence-corrected chi connectivity index (χ4v) is 3.86. The minimum atomic E-state index is -3.25. The van der Waals surface area contributed by atoms with Crippen LogP contribution in [0.1, 0.15) is 19.8 Å². The Hall–Kier alpha value is -2.09. The monoisotopic (exact) mass is 325 g/mol. The van der Waals surface area contributed by atoms with E-state index in [4.69, 9.17) is 0 Å². The van der Waals surface area contributed by atoms with E-state index >= 15 is 0 Å². The molecule has 8 heteroatoms. The highest BCUT2D eigenvalue weighted by Gasteiger charge is 2.25. The molecule has 0 radical (unpaired) electrons. The molecular formula is C14H19N3O4S. The van der Waals surface area contributed by atoms with Crippen LogP contribution < -0.4 is 14.9 Å². The zero-order valence-electron chi connectivity index (χ0n) is 12.3. The van der Waals surface area contributed by atoms with E-state index in [1.807, 2.05) is 0 Å². The summed E-state index contributed by atoms with van der Waals surface area (Å²) in [6.45, 7) is 2.56. The Morgan fingerprint density at radius 3 is 2.41 bits per heavy atom. The van der Waals surface area contributed by atoms with E-state index in [-0.39, 0.29) is 5.75 Å². The van der Waals surface area contributed by atoms with Crippen molar-refractivity contribution in [2.75, 3.05) is 28.5 Å². The lowest BCUT2D eigenvalue weighted by Crippen LogP contribution is -2.37. The normalized spacial score (nSPS) is 16.9. The van der Waals surface area contributed by atoms with Gasteiger partial charge in [-0.2, -0.15) is 0 Å². The number of nitrogens with one attached hydrogen (secondary N) is 2. The Kier molecular flexibility index (Phi) is 5.02. The van der Waals surface area contributed by atoms with Crippen LogP contribution in [0.4, 0.5) is 11.4 Å². The van der Waals surface area contributed by atoms with Crippen molar-refractivity contribution in [3.05, 3.63) is 24.3 Å². The molecule has 1 aromatic carbocycles. The van der Waals surface area contributed by atoms with E-state index in [1.165, 1.54) is 4.31 Å². The summed E-state index contributed by atoms with van der Waals surface area (Å²) in [7, 11) is -3.25. The van der Waals surface area contributed by atoms with Gasteiger partial charge in [0.25, 0.3) is 0 Å². The highest BCUT2D eigenvalue weighted by Crippen LogP contribution is 2.24. The Balaban J connectivity index is 2.07. The van der Waals surface area contributed by atoms with Crippen LogP contribution in [0.25, 0.3) is 0 Å². The van der Waals surface area contributed by atoms with Gasteiger partial charge in [-0.05, 0) is 44.0 Å². The molecule has 0 aliphatic carbocycles. The number of benzene rings is 1. The maximum absolute atomic E-state index is 12.0. The Morgan fingerprint density at radius 2 is 1.82 bits per heavy atom. The highest BCUT2D eigenvalue weighted by molar-refractivity contribution is 7.92. The summed E-state index contributed by atoms with van der Waals surface area (Å²) in [6.07, 6.45) is 1.51. The van der Waals surface area contributed by atoms with Gasteiger partial charge in [-0.1, -0.05) is 0 Å². The second-order valence-electron chi connectivity index (χ2n) is 4.96. The van der Waals surface area contributed by atoms with Crippen molar-refractivity contribution in [1.29, 1.82) is 0 Å². The van der Waals surface area contributed by atoms with Crippen molar-refractivity contribution in [3.63, 3.8) is 0 Å². The third kappa shape index (κ3) is 3.76. The number of rotatable bonds is 3. The first-order valence-electron chi connectivity index (χ1n) is 7.13. The SMILES string of the molecule is CCNC(=O)C(=O)Nc1ccc(N2CCCCS2(=O)=O)cc1. The largest absolute Gasteiger partial charge is 0.348 e. The second kappa shape index (κ2) is 6.78. The molecule has 0 saturated carbocycles. The zero-order chi connectivity index (χ0) is 16.2. The van der Waals surface area contributed by atoms with Gasteiger partial charge in [-0.25, -0.2) is 8.42 Å². The van der Waals surface area contributed by atoms with Gasteiger partial charge in [0, 0.05) is 18.8 Å². The minimum Gasteiger partial charge on any atom is -0.348 e. The topological polar surface area (TPSA) is 95.6 Å². The van der Waals surface area contributed by atoms with Crippen LogP contribution in [0.3, 0.4) is 0 Å². The van der Waals surface area contributed by atoms with Crippen molar-refractivity contribution < 1.29 is 18.0 Å². The average molecular weight is 325 g/mol. The van der Waals surface area contributed by atoms with Gasteiger partial charge < -0.3 is 10.6 Å². The van der Waals surface area contributed by atoms with E-state index in [0.717, 1.165) is 6.42 Å². The molecule has 120 valence electrons. The molecule has 1 heterocycles. The van der Waals surface area contributed by atoms with Crippen LogP contribution in [-0.2, 0) is 19.6 Å². The first-order chi connectivity index (χ1) is 10.4. The molecule has 0 bridgehead atoms. The number of carbonyl (C=O) groups excluding carboxylic acids is 2. The first kappa shape index (κ1) is 16.3. The van der Waals surface area contributed by atoms with E-state index in [0.29, 0.717) is 30.9 Å². The van der Waals surface area contributed by atoms with Crippen molar-refractivity contribution in [2.45, 2.75) is 19.8 Å². The van der Waals surface area contributed by atoms with E-state index in [9.17, 15) is 18.0 Å². The van der Waals surface area contributed by atoms with Crippen LogP contribution in [0.2, 0.25) is 0 Å². The molecule has 0 aromatic heterocycles. The fourth-order valence-electron chi connectivity index (χ4n) is 2.22. The van der Waals surface area contributed by atoms with Crippen LogP contribution >= 0.6 is 0 Å². The molecule has 1 fully saturated rings. The van der Waals surface area contributed by atoms with Crippen LogP contribution in [0.5, 0.6) is 0 Å². The number of amides is 2. The van der Waals surface area contributed by atoms with E-state index < -0.39 is 21.8 Å². The van der Waals surface area contributed by atoms with E-state index in [1.54, 1.807) is 31.2 Å². The summed E-state index contributed by atoms with van der Waals surface area (Å²) in [4.78, 5) is 22.9. The van der Waals surface area contributed by atoms with Gasteiger partial charge in [-0.3, -0.25) is 13.9 Å². The predicted octanol–water partition coefficient (Wildman–Crippen LogP) is 0.691. The van der Waals surface area contributed by atoms with Gasteiger partial charge in [-0.15, -0.1) is 0 Å². The van der Waals surface area contributed by atoms with Crippen molar-refractivity contribution in [2.24, 2.45) is 0 Å².